The third-order valence-electron chi connectivity index (χ3n) is 5.74. The Morgan fingerprint density at radius 2 is 1.94 bits per heavy atom. The van der Waals surface area contributed by atoms with Crippen LogP contribution in [0.15, 0.2) is 42.7 Å². The molecule has 0 aromatic carbocycles. The van der Waals surface area contributed by atoms with Crippen LogP contribution in [0.4, 0.5) is 11.6 Å². The minimum atomic E-state index is -0.586. The molecule has 0 spiro atoms. The number of ether oxygens (including phenoxy) is 1. The van der Waals surface area contributed by atoms with Gasteiger partial charge in [-0.15, -0.1) is 0 Å². The zero-order valence-corrected chi connectivity index (χ0v) is 19.8. The summed E-state index contributed by atoms with van der Waals surface area (Å²) in [4.78, 5) is 13.6. The molecular weight excluding hydrogens is 426 g/mol. The molecule has 0 amide bonds. The van der Waals surface area contributed by atoms with Crippen LogP contribution in [0.2, 0.25) is 0 Å². The summed E-state index contributed by atoms with van der Waals surface area (Å²) < 4.78 is 7.84. The highest BCUT2D eigenvalue weighted by molar-refractivity contribution is 5.75. The molecule has 4 heterocycles. The van der Waals surface area contributed by atoms with Gasteiger partial charge >= 0.3 is 0 Å². The fourth-order valence-electron chi connectivity index (χ4n) is 3.71. The van der Waals surface area contributed by atoms with Crippen molar-refractivity contribution in [2.24, 2.45) is 5.41 Å². The van der Waals surface area contributed by atoms with Crippen LogP contribution < -0.4 is 10.1 Å². The Hall–Kier alpha value is -3.99. The van der Waals surface area contributed by atoms with Crippen LogP contribution in [0.1, 0.15) is 49.8 Å². The number of fused-ring (bicyclic) bond motifs is 1. The molecule has 0 aliphatic heterocycles. The second-order valence-corrected chi connectivity index (χ2v) is 9.57. The van der Waals surface area contributed by atoms with Crippen molar-refractivity contribution in [3.8, 4) is 22.9 Å². The first-order valence-corrected chi connectivity index (χ1v) is 11.4. The second kappa shape index (κ2) is 8.41. The maximum atomic E-state index is 9.32. The topological polar surface area (TPSA) is 101 Å². The van der Waals surface area contributed by atoms with Gasteiger partial charge in [0.05, 0.1) is 23.2 Å². The fraction of sp³-hybridized carbons (Fsp3) is 0.346. The van der Waals surface area contributed by atoms with Gasteiger partial charge in [-0.2, -0.15) is 10.4 Å². The number of hydrogen-bond donors (Lipinski definition) is 1. The van der Waals surface area contributed by atoms with Gasteiger partial charge in [-0.25, -0.2) is 14.5 Å². The summed E-state index contributed by atoms with van der Waals surface area (Å²) in [7, 11) is 0. The molecule has 8 nitrogen and oxygen atoms in total. The minimum Gasteiger partial charge on any atom is -0.490 e. The van der Waals surface area contributed by atoms with E-state index in [0.29, 0.717) is 11.7 Å². The molecule has 172 valence electrons. The number of pyridine rings is 2. The number of hydrogen-bond acceptors (Lipinski definition) is 7. The van der Waals surface area contributed by atoms with Crippen LogP contribution in [-0.2, 0) is 0 Å². The Balaban J connectivity index is 1.43. The predicted octanol–water partition coefficient (Wildman–Crippen LogP) is 5.35. The molecule has 34 heavy (non-hydrogen) atoms. The van der Waals surface area contributed by atoms with E-state index in [1.54, 1.807) is 6.20 Å². The van der Waals surface area contributed by atoms with Crippen molar-refractivity contribution in [2.75, 3.05) is 11.9 Å². The molecule has 5 rings (SSSR count). The van der Waals surface area contributed by atoms with Gasteiger partial charge in [0.15, 0.2) is 5.82 Å². The summed E-state index contributed by atoms with van der Waals surface area (Å²) in [6, 6.07) is 12.3. The van der Waals surface area contributed by atoms with E-state index in [-0.39, 0.29) is 6.61 Å². The summed E-state index contributed by atoms with van der Waals surface area (Å²) in [5.74, 6) is 3.53. The third kappa shape index (κ3) is 4.69. The Kier molecular flexibility index (Phi) is 5.40. The molecule has 1 N–H and O–H groups in total. The molecule has 4 aromatic rings. The van der Waals surface area contributed by atoms with Gasteiger partial charge in [-0.1, -0.05) is 0 Å². The van der Waals surface area contributed by atoms with E-state index in [4.69, 9.17) is 4.74 Å². The van der Waals surface area contributed by atoms with Crippen LogP contribution >= 0.6 is 0 Å². The zero-order valence-electron chi connectivity index (χ0n) is 19.8. The molecule has 1 saturated carbocycles. The van der Waals surface area contributed by atoms with E-state index in [1.807, 2.05) is 62.7 Å². The highest BCUT2D eigenvalue weighted by atomic mass is 16.5. The number of anilines is 2. The molecule has 1 aliphatic rings. The summed E-state index contributed by atoms with van der Waals surface area (Å²) >= 11 is 0. The molecule has 4 aromatic heterocycles. The van der Waals surface area contributed by atoms with Crippen molar-refractivity contribution in [3.05, 3.63) is 59.9 Å². The Morgan fingerprint density at radius 3 is 2.71 bits per heavy atom. The lowest BCUT2D eigenvalue weighted by Gasteiger charge is -2.18. The van der Waals surface area contributed by atoms with Gasteiger partial charge < -0.3 is 10.1 Å². The Morgan fingerprint density at radius 1 is 1.12 bits per heavy atom. The van der Waals surface area contributed by atoms with Crippen molar-refractivity contribution < 1.29 is 4.74 Å². The van der Waals surface area contributed by atoms with E-state index in [0.717, 1.165) is 58.3 Å². The maximum absolute atomic E-state index is 9.32. The van der Waals surface area contributed by atoms with Crippen molar-refractivity contribution in [1.29, 1.82) is 5.26 Å². The second-order valence-electron chi connectivity index (χ2n) is 9.57. The number of aromatic nitrogens is 5. The number of nitrogens with one attached hydrogen (secondary N) is 1. The first-order valence-electron chi connectivity index (χ1n) is 11.4. The van der Waals surface area contributed by atoms with Gasteiger partial charge in [0.1, 0.15) is 24.0 Å². The molecule has 0 atom stereocenters. The first kappa shape index (κ1) is 21.8. The lowest BCUT2D eigenvalue weighted by molar-refractivity contribution is 0.227. The summed E-state index contributed by atoms with van der Waals surface area (Å²) in [6.45, 7) is 7.93. The average molecular weight is 454 g/mol. The largest absolute Gasteiger partial charge is 0.490 e. The smallest absolute Gasteiger partial charge is 0.154 e. The molecule has 1 aliphatic carbocycles. The number of nitriles is 1. The van der Waals surface area contributed by atoms with E-state index in [9.17, 15) is 5.26 Å². The van der Waals surface area contributed by atoms with Crippen LogP contribution in [0.3, 0.4) is 0 Å². The van der Waals surface area contributed by atoms with Crippen LogP contribution in [-0.4, -0.2) is 31.2 Å². The van der Waals surface area contributed by atoms with Gasteiger partial charge in [-0.3, -0.25) is 4.98 Å². The molecule has 0 unspecified atom stereocenters. The summed E-state index contributed by atoms with van der Waals surface area (Å²) in [5.41, 5.74) is 4.11. The number of aryl methyl sites for hydroxylation is 2. The van der Waals surface area contributed by atoms with E-state index in [1.165, 1.54) is 0 Å². The highest BCUT2D eigenvalue weighted by Crippen LogP contribution is 2.38. The maximum Gasteiger partial charge on any atom is 0.154 e. The molecule has 0 bridgehead atoms. The van der Waals surface area contributed by atoms with Crippen molar-refractivity contribution >= 4 is 17.2 Å². The molecule has 0 radical (unpaired) electrons. The summed E-state index contributed by atoms with van der Waals surface area (Å²) in [6.07, 6.45) is 5.97. The standard InChI is InChI=1S/C26H27N7O/c1-16-9-21(22(13-28-16)34-15-26(3,4)14-27)19-7-8-33-20(11-19)12-24(32-33)30-23-10-17(2)29-25(31-23)18-5-6-18/h7-13,18H,5-6,15H2,1-4H3,(H,29,30,31,32). The predicted molar refractivity (Wildman–Crippen MR) is 130 cm³/mol. The third-order valence-corrected chi connectivity index (χ3v) is 5.74. The van der Waals surface area contributed by atoms with Crippen LogP contribution in [0, 0.1) is 30.6 Å². The normalized spacial score (nSPS) is 13.6. The Bertz CT molecular complexity index is 1410. The van der Waals surface area contributed by atoms with Gasteiger partial charge in [0.2, 0.25) is 0 Å². The Labute approximate surface area is 198 Å². The van der Waals surface area contributed by atoms with Crippen molar-refractivity contribution in [3.63, 3.8) is 0 Å². The van der Waals surface area contributed by atoms with Crippen molar-refractivity contribution in [1.82, 2.24) is 24.6 Å². The number of nitrogens with zero attached hydrogens (tertiary/aromatic N) is 6. The lowest BCUT2D eigenvalue weighted by atomic mass is 9.97. The SMILES string of the molecule is Cc1cc(-c2ccn3nc(Nc4cc(C)nc(C5CC5)n4)cc3c2)c(OCC(C)(C)C#N)cn1. The summed E-state index contributed by atoms with van der Waals surface area (Å²) in [5, 5.41) is 17.3. The van der Waals surface area contributed by atoms with Gasteiger partial charge in [0, 0.05) is 41.2 Å². The van der Waals surface area contributed by atoms with Gasteiger partial charge in [-0.05, 0) is 64.3 Å². The minimum absolute atomic E-state index is 0.283. The zero-order chi connectivity index (χ0) is 23.9. The highest BCUT2D eigenvalue weighted by Gasteiger charge is 2.27. The fourth-order valence-corrected chi connectivity index (χ4v) is 3.71. The number of rotatable bonds is 7. The van der Waals surface area contributed by atoms with E-state index in [2.05, 4.69) is 37.5 Å². The molecule has 0 saturated heterocycles. The molecule has 1 fully saturated rings. The van der Waals surface area contributed by atoms with Crippen molar-refractivity contribution in [2.45, 2.75) is 46.5 Å². The quantitative estimate of drug-likeness (QED) is 0.402. The average Bonchev–Trinajstić information content (AvgIpc) is 3.58. The van der Waals surface area contributed by atoms with Gasteiger partial charge in [0.25, 0.3) is 0 Å². The lowest BCUT2D eigenvalue weighted by Crippen LogP contribution is -2.19. The van der Waals surface area contributed by atoms with Crippen LogP contribution in [0.25, 0.3) is 16.6 Å². The van der Waals surface area contributed by atoms with E-state index < -0.39 is 5.41 Å². The van der Waals surface area contributed by atoms with Crippen LogP contribution in [0.5, 0.6) is 5.75 Å². The monoisotopic (exact) mass is 453 g/mol. The molecule has 8 heteroatoms. The first-order chi connectivity index (χ1) is 16.3. The van der Waals surface area contributed by atoms with E-state index >= 15 is 0 Å². The molecular formula is C26H27N7O.